The highest BCUT2D eigenvalue weighted by molar-refractivity contribution is 8.00. The van der Waals surface area contributed by atoms with Crippen molar-refractivity contribution in [3.63, 3.8) is 0 Å². The van der Waals surface area contributed by atoms with E-state index in [9.17, 15) is 9.59 Å². The van der Waals surface area contributed by atoms with Gasteiger partial charge in [-0.05, 0) is 38.1 Å². The van der Waals surface area contributed by atoms with Crippen molar-refractivity contribution < 1.29 is 9.59 Å². The number of amides is 2. The van der Waals surface area contributed by atoms with Crippen LogP contribution in [0.1, 0.15) is 39.0 Å². The van der Waals surface area contributed by atoms with Crippen LogP contribution >= 0.6 is 11.8 Å². The van der Waals surface area contributed by atoms with Gasteiger partial charge in [-0.15, -0.1) is 11.8 Å². The Morgan fingerprint density at radius 1 is 1.06 bits per heavy atom. The van der Waals surface area contributed by atoms with E-state index in [1.807, 2.05) is 74.5 Å². The van der Waals surface area contributed by atoms with Gasteiger partial charge in [-0.1, -0.05) is 56.7 Å². The SMILES string of the molecule is CCN(CC(=O)Nc1cc(C(C)(C)C)nn1-c1ccc(C)cc1)C(=O)CSc1ccccc1. The molecule has 0 aliphatic rings. The third-order valence-electron chi connectivity index (χ3n) is 5.20. The van der Waals surface area contributed by atoms with E-state index >= 15 is 0 Å². The molecule has 33 heavy (non-hydrogen) atoms. The Labute approximate surface area is 200 Å². The molecular formula is C26H32N4O2S. The van der Waals surface area contributed by atoms with Crippen LogP contribution in [0.2, 0.25) is 0 Å². The molecule has 1 heterocycles. The standard InChI is InChI=1S/C26H32N4O2S/c1-6-29(25(32)18-33-21-10-8-7-9-11-21)17-24(31)27-23-16-22(26(3,4)5)28-30(23)20-14-12-19(2)13-15-20/h7-16H,6,17-18H2,1-5H3,(H,27,31). The summed E-state index contributed by atoms with van der Waals surface area (Å²) >= 11 is 1.47. The van der Waals surface area contributed by atoms with Crippen molar-refractivity contribution in [3.8, 4) is 5.69 Å². The molecule has 7 heteroatoms. The van der Waals surface area contributed by atoms with Crippen LogP contribution in [0.4, 0.5) is 5.82 Å². The van der Waals surface area contributed by atoms with Gasteiger partial charge in [-0.3, -0.25) is 9.59 Å². The maximum Gasteiger partial charge on any atom is 0.245 e. The molecule has 0 aliphatic carbocycles. The minimum Gasteiger partial charge on any atom is -0.333 e. The number of likely N-dealkylation sites (N-methyl/N-ethyl adjacent to an activating group) is 1. The van der Waals surface area contributed by atoms with Crippen molar-refractivity contribution in [2.45, 2.75) is 44.9 Å². The van der Waals surface area contributed by atoms with Gasteiger partial charge in [0.25, 0.3) is 0 Å². The Morgan fingerprint density at radius 3 is 2.33 bits per heavy atom. The zero-order valence-electron chi connectivity index (χ0n) is 20.0. The van der Waals surface area contributed by atoms with E-state index in [-0.39, 0.29) is 23.8 Å². The van der Waals surface area contributed by atoms with Crippen molar-refractivity contribution in [3.05, 3.63) is 71.9 Å². The molecule has 3 rings (SSSR count). The smallest absolute Gasteiger partial charge is 0.245 e. The predicted molar refractivity (Wildman–Crippen MR) is 135 cm³/mol. The number of anilines is 1. The van der Waals surface area contributed by atoms with E-state index in [0.717, 1.165) is 21.8 Å². The van der Waals surface area contributed by atoms with Gasteiger partial charge in [0, 0.05) is 22.9 Å². The summed E-state index contributed by atoms with van der Waals surface area (Å²) < 4.78 is 1.75. The van der Waals surface area contributed by atoms with Crippen LogP contribution in [0.15, 0.2) is 65.6 Å². The number of carbonyl (C=O) groups is 2. The van der Waals surface area contributed by atoms with Crippen molar-refractivity contribution in [1.29, 1.82) is 0 Å². The first kappa shape index (κ1) is 24.6. The Balaban J connectivity index is 1.72. The molecule has 0 saturated heterocycles. The quantitative estimate of drug-likeness (QED) is 0.473. The van der Waals surface area contributed by atoms with E-state index in [0.29, 0.717) is 18.1 Å². The molecule has 0 aliphatic heterocycles. The van der Waals surface area contributed by atoms with Gasteiger partial charge in [-0.25, -0.2) is 4.68 Å². The van der Waals surface area contributed by atoms with Gasteiger partial charge in [0.1, 0.15) is 5.82 Å². The molecule has 174 valence electrons. The lowest BCUT2D eigenvalue weighted by molar-refractivity contribution is -0.132. The number of hydrogen-bond acceptors (Lipinski definition) is 4. The van der Waals surface area contributed by atoms with Crippen molar-refractivity contribution in [1.82, 2.24) is 14.7 Å². The van der Waals surface area contributed by atoms with Crippen molar-refractivity contribution >= 4 is 29.4 Å². The van der Waals surface area contributed by atoms with Crippen LogP contribution < -0.4 is 5.32 Å². The molecule has 0 spiro atoms. The first-order chi connectivity index (χ1) is 15.7. The minimum atomic E-state index is -0.247. The molecule has 0 saturated carbocycles. The summed E-state index contributed by atoms with van der Waals surface area (Å²) in [6, 6.07) is 19.7. The van der Waals surface area contributed by atoms with E-state index in [2.05, 4.69) is 26.1 Å². The van der Waals surface area contributed by atoms with Gasteiger partial charge in [0.05, 0.1) is 23.7 Å². The second-order valence-electron chi connectivity index (χ2n) is 8.97. The highest BCUT2D eigenvalue weighted by atomic mass is 32.2. The first-order valence-corrected chi connectivity index (χ1v) is 12.1. The fraction of sp³-hybridized carbons (Fsp3) is 0.346. The second kappa shape index (κ2) is 10.7. The number of nitrogens with zero attached hydrogens (tertiary/aromatic N) is 3. The normalized spacial score (nSPS) is 11.3. The van der Waals surface area contributed by atoms with E-state index in [4.69, 9.17) is 5.10 Å². The summed E-state index contributed by atoms with van der Waals surface area (Å²) in [5.74, 6) is 0.573. The lowest BCUT2D eigenvalue weighted by Gasteiger charge is -2.20. The summed E-state index contributed by atoms with van der Waals surface area (Å²) in [5.41, 5.74) is 2.73. The van der Waals surface area contributed by atoms with E-state index in [1.165, 1.54) is 11.8 Å². The van der Waals surface area contributed by atoms with E-state index in [1.54, 1.807) is 9.58 Å². The van der Waals surface area contributed by atoms with Crippen LogP contribution in [-0.2, 0) is 15.0 Å². The molecule has 0 fully saturated rings. The Morgan fingerprint density at radius 2 is 1.73 bits per heavy atom. The van der Waals surface area contributed by atoms with Gasteiger partial charge in [0.2, 0.25) is 11.8 Å². The second-order valence-corrected chi connectivity index (χ2v) is 10.0. The number of carbonyl (C=O) groups excluding carboxylic acids is 2. The molecule has 0 atom stereocenters. The molecular weight excluding hydrogens is 432 g/mol. The molecule has 2 aromatic carbocycles. The minimum absolute atomic E-state index is 0.00535. The molecule has 1 aromatic heterocycles. The molecule has 0 bridgehead atoms. The molecule has 0 radical (unpaired) electrons. The summed E-state index contributed by atoms with van der Waals surface area (Å²) in [6.45, 7) is 10.6. The average Bonchev–Trinajstić information content (AvgIpc) is 3.21. The third-order valence-corrected chi connectivity index (χ3v) is 6.20. The van der Waals surface area contributed by atoms with Crippen molar-refractivity contribution in [2.24, 2.45) is 0 Å². The molecule has 1 N–H and O–H groups in total. The van der Waals surface area contributed by atoms with Crippen LogP contribution in [0.5, 0.6) is 0 Å². The fourth-order valence-corrected chi connectivity index (χ4v) is 4.03. The van der Waals surface area contributed by atoms with Gasteiger partial charge < -0.3 is 10.2 Å². The topological polar surface area (TPSA) is 67.2 Å². The molecule has 0 unspecified atom stereocenters. The lowest BCUT2D eigenvalue weighted by Crippen LogP contribution is -2.39. The number of thioether (sulfide) groups is 1. The predicted octanol–water partition coefficient (Wildman–Crippen LogP) is 5.06. The third kappa shape index (κ3) is 6.71. The molecule has 2 amide bonds. The summed E-state index contributed by atoms with van der Waals surface area (Å²) in [4.78, 5) is 28.2. The van der Waals surface area contributed by atoms with Crippen LogP contribution in [0.3, 0.4) is 0 Å². The Kier molecular flexibility index (Phi) is 7.97. The Hall–Kier alpha value is -3.06. The number of nitrogens with one attached hydrogen (secondary N) is 1. The maximum atomic E-state index is 12.9. The molecule has 3 aromatic rings. The van der Waals surface area contributed by atoms with Gasteiger partial charge >= 0.3 is 0 Å². The van der Waals surface area contributed by atoms with Gasteiger partial charge in [0.15, 0.2) is 0 Å². The fourth-order valence-electron chi connectivity index (χ4n) is 3.20. The highest BCUT2D eigenvalue weighted by Crippen LogP contribution is 2.26. The van der Waals surface area contributed by atoms with Crippen molar-refractivity contribution in [2.75, 3.05) is 24.2 Å². The largest absolute Gasteiger partial charge is 0.333 e. The van der Waals surface area contributed by atoms with Gasteiger partial charge in [-0.2, -0.15) is 5.10 Å². The average molecular weight is 465 g/mol. The molecule has 6 nitrogen and oxygen atoms in total. The van der Waals surface area contributed by atoms with Crippen LogP contribution in [-0.4, -0.2) is 45.3 Å². The number of aromatic nitrogens is 2. The van der Waals surface area contributed by atoms with E-state index < -0.39 is 0 Å². The summed E-state index contributed by atoms with van der Waals surface area (Å²) in [7, 11) is 0. The zero-order chi connectivity index (χ0) is 24.0. The monoisotopic (exact) mass is 464 g/mol. The highest BCUT2D eigenvalue weighted by Gasteiger charge is 2.22. The lowest BCUT2D eigenvalue weighted by atomic mass is 9.92. The Bertz CT molecular complexity index is 1090. The zero-order valence-corrected chi connectivity index (χ0v) is 20.8. The number of aryl methyl sites for hydroxylation is 1. The number of rotatable bonds is 8. The first-order valence-electron chi connectivity index (χ1n) is 11.1. The summed E-state index contributed by atoms with van der Waals surface area (Å²) in [6.07, 6.45) is 0. The van der Waals surface area contributed by atoms with Crippen LogP contribution in [0.25, 0.3) is 5.69 Å². The van der Waals surface area contributed by atoms with Crippen LogP contribution in [0, 0.1) is 6.92 Å². The number of hydrogen-bond donors (Lipinski definition) is 1. The maximum absolute atomic E-state index is 12.9. The number of benzene rings is 2. The summed E-state index contributed by atoms with van der Waals surface area (Å²) in [5, 5.41) is 7.72.